The van der Waals surface area contributed by atoms with Crippen molar-refractivity contribution < 1.29 is 4.74 Å². The minimum absolute atomic E-state index is 0.296. The van der Waals surface area contributed by atoms with Gasteiger partial charge in [-0.25, -0.2) is 15.8 Å². The monoisotopic (exact) mass is 223 g/mol. The number of rotatable bonds is 3. The molecular weight excluding hydrogens is 206 g/mol. The number of hydrazine groups is 1. The van der Waals surface area contributed by atoms with Crippen molar-refractivity contribution in [3.8, 4) is 0 Å². The van der Waals surface area contributed by atoms with Crippen LogP contribution < -0.4 is 16.2 Å². The fraction of sp³-hybridized carbons (Fsp3) is 0.600. The van der Waals surface area contributed by atoms with Crippen molar-refractivity contribution >= 4 is 11.6 Å². The molecule has 16 heavy (non-hydrogen) atoms. The SMILES string of the molecule is COC1CCN(c2cc(NN)nc(C)n2)C1. The molecule has 0 saturated carbocycles. The van der Waals surface area contributed by atoms with E-state index in [2.05, 4.69) is 20.3 Å². The number of ether oxygens (including phenoxy) is 1. The number of nitrogens with one attached hydrogen (secondary N) is 1. The maximum atomic E-state index is 5.36. The third-order valence-corrected chi connectivity index (χ3v) is 2.77. The quantitative estimate of drug-likeness (QED) is 0.567. The predicted molar refractivity (Wildman–Crippen MR) is 62.2 cm³/mol. The van der Waals surface area contributed by atoms with E-state index in [0.717, 1.165) is 25.3 Å². The lowest BCUT2D eigenvalue weighted by molar-refractivity contribution is 0.121. The predicted octanol–water partition coefficient (Wildman–Crippen LogP) is 0.296. The van der Waals surface area contributed by atoms with E-state index in [9.17, 15) is 0 Å². The number of nitrogens with two attached hydrogens (primary N) is 1. The van der Waals surface area contributed by atoms with Crippen LogP contribution in [-0.4, -0.2) is 36.3 Å². The second-order valence-electron chi connectivity index (χ2n) is 3.90. The summed E-state index contributed by atoms with van der Waals surface area (Å²) in [5.41, 5.74) is 2.55. The van der Waals surface area contributed by atoms with E-state index < -0.39 is 0 Å². The van der Waals surface area contributed by atoms with E-state index in [1.807, 2.05) is 13.0 Å². The molecule has 0 spiro atoms. The van der Waals surface area contributed by atoms with Gasteiger partial charge in [0.1, 0.15) is 17.5 Å². The van der Waals surface area contributed by atoms with Crippen LogP contribution in [-0.2, 0) is 4.74 Å². The van der Waals surface area contributed by atoms with Gasteiger partial charge in [0.25, 0.3) is 0 Å². The Kier molecular flexibility index (Phi) is 3.21. The minimum atomic E-state index is 0.296. The highest BCUT2D eigenvalue weighted by Crippen LogP contribution is 2.21. The number of aromatic nitrogens is 2. The Labute approximate surface area is 94.8 Å². The molecule has 0 aromatic carbocycles. The first-order valence-electron chi connectivity index (χ1n) is 5.33. The first-order chi connectivity index (χ1) is 7.72. The van der Waals surface area contributed by atoms with Crippen LogP contribution >= 0.6 is 0 Å². The molecule has 2 rings (SSSR count). The molecule has 88 valence electrons. The van der Waals surface area contributed by atoms with Crippen LogP contribution in [0.3, 0.4) is 0 Å². The summed E-state index contributed by atoms with van der Waals surface area (Å²) in [6.45, 7) is 3.68. The number of nitrogens with zero attached hydrogens (tertiary/aromatic N) is 3. The topological polar surface area (TPSA) is 76.3 Å². The summed E-state index contributed by atoms with van der Waals surface area (Å²) in [7, 11) is 1.74. The maximum absolute atomic E-state index is 5.36. The largest absolute Gasteiger partial charge is 0.380 e. The van der Waals surface area contributed by atoms with Gasteiger partial charge < -0.3 is 15.1 Å². The molecule has 0 aliphatic carbocycles. The van der Waals surface area contributed by atoms with Gasteiger partial charge in [-0.1, -0.05) is 0 Å². The van der Waals surface area contributed by atoms with Crippen LogP contribution in [0.5, 0.6) is 0 Å². The number of nitrogen functional groups attached to an aromatic ring is 1. The number of anilines is 2. The lowest BCUT2D eigenvalue weighted by atomic mass is 10.3. The van der Waals surface area contributed by atoms with Gasteiger partial charge in [-0.2, -0.15) is 0 Å². The second kappa shape index (κ2) is 4.63. The Morgan fingerprint density at radius 3 is 3.00 bits per heavy atom. The van der Waals surface area contributed by atoms with E-state index in [-0.39, 0.29) is 0 Å². The fourth-order valence-electron chi connectivity index (χ4n) is 1.92. The normalized spacial score (nSPS) is 20.2. The molecule has 6 nitrogen and oxygen atoms in total. The molecule has 1 aromatic rings. The molecule has 1 aliphatic rings. The molecule has 1 unspecified atom stereocenters. The third-order valence-electron chi connectivity index (χ3n) is 2.77. The molecule has 0 amide bonds. The summed E-state index contributed by atoms with van der Waals surface area (Å²) < 4.78 is 5.32. The van der Waals surface area contributed by atoms with Crippen molar-refractivity contribution in [3.63, 3.8) is 0 Å². The summed E-state index contributed by atoms with van der Waals surface area (Å²) >= 11 is 0. The van der Waals surface area contributed by atoms with Crippen molar-refractivity contribution in [2.75, 3.05) is 30.5 Å². The van der Waals surface area contributed by atoms with Crippen molar-refractivity contribution in [2.24, 2.45) is 5.84 Å². The fourth-order valence-corrected chi connectivity index (χ4v) is 1.92. The number of methoxy groups -OCH3 is 1. The van der Waals surface area contributed by atoms with E-state index in [1.165, 1.54) is 0 Å². The van der Waals surface area contributed by atoms with Gasteiger partial charge in [0.05, 0.1) is 6.10 Å². The lowest BCUT2D eigenvalue weighted by Gasteiger charge is -2.18. The van der Waals surface area contributed by atoms with Gasteiger partial charge in [-0.05, 0) is 13.3 Å². The zero-order valence-electron chi connectivity index (χ0n) is 9.60. The van der Waals surface area contributed by atoms with Crippen LogP contribution in [0.1, 0.15) is 12.2 Å². The van der Waals surface area contributed by atoms with E-state index in [1.54, 1.807) is 7.11 Å². The van der Waals surface area contributed by atoms with Crippen molar-refractivity contribution in [1.29, 1.82) is 0 Å². The van der Waals surface area contributed by atoms with E-state index >= 15 is 0 Å². The summed E-state index contributed by atoms with van der Waals surface area (Å²) in [6.07, 6.45) is 1.33. The van der Waals surface area contributed by atoms with Gasteiger partial charge in [0.2, 0.25) is 0 Å². The summed E-state index contributed by atoms with van der Waals surface area (Å²) in [4.78, 5) is 10.7. The number of hydrogen-bond donors (Lipinski definition) is 2. The van der Waals surface area contributed by atoms with Crippen molar-refractivity contribution in [2.45, 2.75) is 19.4 Å². The van der Waals surface area contributed by atoms with E-state index in [0.29, 0.717) is 17.7 Å². The molecule has 2 heterocycles. The van der Waals surface area contributed by atoms with Crippen molar-refractivity contribution in [1.82, 2.24) is 9.97 Å². The Morgan fingerprint density at radius 1 is 1.56 bits per heavy atom. The molecule has 3 N–H and O–H groups in total. The molecule has 1 aliphatic heterocycles. The van der Waals surface area contributed by atoms with Crippen LogP contribution in [0.2, 0.25) is 0 Å². The molecular formula is C10H17N5O. The Bertz CT molecular complexity index is 370. The van der Waals surface area contributed by atoms with Crippen LogP contribution in [0.15, 0.2) is 6.07 Å². The van der Waals surface area contributed by atoms with Crippen LogP contribution in [0, 0.1) is 6.92 Å². The maximum Gasteiger partial charge on any atom is 0.145 e. The first kappa shape index (κ1) is 11.1. The number of aryl methyl sites for hydroxylation is 1. The average molecular weight is 223 g/mol. The van der Waals surface area contributed by atoms with Gasteiger partial charge in [-0.3, -0.25) is 0 Å². The lowest BCUT2D eigenvalue weighted by Crippen LogP contribution is -2.24. The van der Waals surface area contributed by atoms with Gasteiger partial charge in [0, 0.05) is 26.3 Å². The summed E-state index contributed by atoms with van der Waals surface area (Å²) in [5, 5.41) is 0. The van der Waals surface area contributed by atoms with Gasteiger partial charge in [0.15, 0.2) is 0 Å². The standard InChI is InChI=1S/C10H17N5O/c1-7-12-9(14-11)5-10(13-7)15-4-3-8(6-15)16-2/h5,8H,3-4,6,11H2,1-2H3,(H,12,13,14). The zero-order chi connectivity index (χ0) is 11.5. The Balaban J connectivity index is 2.17. The molecule has 6 heteroatoms. The van der Waals surface area contributed by atoms with E-state index in [4.69, 9.17) is 10.6 Å². The Hall–Kier alpha value is -1.40. The summed E-state index contributed by atoms with van der Waals surface area (Å²) in [6, 6.07) is 1.85. The molecule has 1 saturated heterocycles. The van der Waals surface area contributed by atoms with Gasteiger partial charge in [-0.15, -0.1) is 0 Å². The third kappa shape index (κ3) is 2.23. The highest BCUT2D eigenvalue weighted by Gasteiger charge is 2.23. The van der Waals surface area contributed by atoms with Gasteiger partial charge >= 0.3 is 0 Å². The average Bonchev–Trinajstić information content (AvgIpc) is 2.76. The zero-order valence-corrected chi connectivity index (χ0v) is 9.60. The molecule has 0 radical (unpaired) electrons. The molecule has 0 bridgehead atoms. The molecule has 1 aromatic heterocycles. The minimum Gasteiger partial charge on any atom is -0.380 e. The molecule has 1 atom stereocenters. The molecule has 1 fully saturated rings. The summed E-state index contributed by atoms with van der Waals surface area (Å²) in [5.74, 6) is 7.62. The van der Waals surface area contributed by atoms with Crippen molar-refractivity contribution in [3.05, 3.63) is 11.9 Å². The highest BCUT2D eigenvalue weighted by molar-refractivity contribution is 5.49. The van der Waals surface area contributed by atoms with Crippen LogP contribution in [0.4, 0.5) is 11.6 Å². The van der Waals surface area contributed by atoms with Crippen LogP contribution in [0.25, 0.3) is 0 Å². The Morgan fingerprint density at radius 2 is 2.38 bits per heavy atom. The first-order valence-corrected chi connectivity index (χ1v) is 5.33. The highest BCUT2D eigenvalue weighted by atomic mass is 16.5. The number of hydrogen-bond acceptors (Lipinski definition) is 6. The smallest absolute Gasteiger partial charge is 0.145 e. The second-order valence-corrected chi connectivity index (χ2v) is 3.90.